The van der Waals surface area contributed by atoms with Crippen LogP contribution in [0.4, 0.5) is 5.69 Å². The van der Waals surface area contributed by atoms with Crippen molar-refractivity contribution in [1.82, 2.24) is 4.90 Å². The number of aryl methyl sites for hydroxylation is 1. The highest BCUT2D eigenvalue weighted by Gasteiger charge is 2.22. The van der Waals surface area contributed by atoms with E-state index in [4.69, 9.17) is 16.6 Å². The Morgan fingerprint density at radius 3 is 2.33 bits per heavy atom. The zero-order valence-electron chi connectivity index (χ0n) is 17.0. The SMILES string of the molecule is Cc1ccc(-c2ccc(C(=S)N3CCN(c4cccc5ccccc45)CC3)o2)cc1. The minimum absolute atomic E-state index is 0.777. The summed E-state index contributed by atoms with van der Waals surface area (Å²) in [6.45, 7) is 5.76. The molecule has 0 N–H and O–H groups in total. The molecule has 1 aliphatic heterocycles. The molecular weight excluding hydrogens is 388 g/mol. The van der Waals surface area contributed by atoms with Gasteiger partial charge in [-0.15, -0.1) is 0 Å². The van der Waals surface area contributed by atoms with E-state index in [9.17, 15) is 0 Å². The Morgan fingerprint density at radius 2 is 1.53 bits per heavy atom. The lowest BCUT2D eigenvalue weighted by Crippen LogP contribution is -2.48. The fourth-order valence-corrected chi connectivity index (χ4v) is 4.41. The van der Waals surface area contributed by atoms with Gasteiger partial charge in [-0.3, -0.25) is 0 Å². The van der Waals surface area contributed by atoms with Gasteiger partial charge >= 0.3 is 0 Å². The highest BCUT2D eigenvalue weighted by molar-refractivity contribution is 7.80. The van der Waals surface area contributed by atoms with Gasteiger partial charge in [-0.05, 0) is 30.5 Å². The summed E-state index contributed by atoms with van der Waals surface area (Å²) in [7, 11) is 0. The van der Waals surface area contributed by atoms with Crippen LogP contribution in [0.3, 0.4) is 0 Å². The van der Waals surface area contributed by atoms with Crippen molar-refractivity contribution in [3.05, 3.63) is 90.2 Å². The van der Waals surface area contributed by atoms with Crippen LogP contribution >= 0.6 is 12.2 Å². The number of fused-ring (bicyclic) bond motifs is 1. The minimum atomic E-state index is 0.777. The number of nitrogens with zero attached hydrogens (tertiary/aromatic N) is 2. The molecule has 30 heavy (non-hydrogen) atoms. The number of anilines is 1. The first-order valence-electron chi connectivity index (χ1n) is 10.4. The number of hydrogen-bond acceptors (Lipinski definition) is 3. The molecule has 1 aliphatic rings. The van der Waals surface area contributed by atoms with Gasteiger partial charge in [0.25, 0.3) is 0 Å². The molecule has 3 nitrogen and oxygen atoms in total. The Balaban J connectivity index is 1.29. The highest BCUT2D eigenvalue weighted by atomic mass is 32.1. The molecule has 3 aromatic carbocycles. The number of thiocarbonyl (C=S) groups is 1. The van der Waals surface area contributed by atoms with Gasteiger partial charge in [0.2, 0.25) is 0 Å². The summed E-state index contributed by atoms with van der Waals surface area (Å²) in [6.07, 6.45) is 0. The van der Waals surface area contributed by atoms with Gasteiger partial charge < -0.3 is 14.2 Å². The number of piperazine rings is 1. The molecule has 0 unspecified atom stereocenters. The van der Waals surface area contributed by atoms with E-state index in [0.29, 0.717) is 0 Å². The van der Waals surface area contributed by atoms with Crippen molar-refractivity contribution in [2.75, 3.05) is 31.1 Å². The van der Waals surface area contributed by atoms with Crippen molar-refractivity contribution in [3.8, 4) is 11.3 Å². The molecule has 150 valence electrons. The largest absolute Gasteiger partial charge is 0.454 e. The molecule has 2 heterocycles. The molecule has 1 fully saturated rings. The molecule has 0 spiro atoms. The zero-order valence-corrected chi connectivity index (χ0v) is 17.9. The Labute approximate surface area is 182 Å². The quantitative estimate of drug-likeness (QED) is 0.390. The third-order valence-corrected chi connectivity index (χ3v) is 6.29. The van der Waals surface area contributed by atoms with Crippen LogP contribution in [0.2, 0.25) is 0 Å². The summed E-state index contributed by atoms with van der Waals surface area (Å²) in [5.41, 5.74) is 3.62. The lowest BCUT2D eigenvalue weighted by atomic mass is 10.1. The van der Waals surface area contributed by atoms with Crippen LogP contribution in [0.15, 0.2) is 83.3 Å². The van der Waals surface area contributed by atoms with Gasteiger partial charge in [0.15, 0.2) is 5.76 Å². The van der Waals surface area contributed by atoms with Crippen LogP contribution in [0.25, 0.3) is 22.1 Å². The Bertz CT molecular complexity index is 1180. The average Bonchev–Trinajstić information content (AvgIpc) is 3.29. The third kappa shape index (κ3) is 3.59. The molecule has 0 bridgehead atoms. The molecule has 0 atom stereocenters. The second-order valence-corrected chi connectivity index (χ2v) is 8.19. The van der Waals surface area contributed by atoms with E-state index < -0.39 is 0 Å². The molecule has 1 saturated heterocycles. The predicted molar refractivity (Wildman–Crippen MR) is 128 cm³/mol. The van der Waals surface area contributed by atoms with Gasteiger partial charge in [0, 0.05) is 42.8 Å². The second kappa shape index (κ2) is 7.96. The molecule has 0 saturated carbocycles. The summed E-state index contributed by atoms with van der Waals surface area (Å²) >= 11 is 5.77. The third-order valence-electron chi connectivity index (χ3n) is 5.83. The van der Waals surface area contributed by atoms with Crippen molar-refractivity contribution >= 4 is 33.7 Å². The van der Waals surface area contributed by atoms with Crippen LogP contribution in [-0.4, -0.2) is 36.1 Å². The molecule has 0 amide bonds. The van der Waals surface area contributed by atoms with Gasteiger partial charge in [0.05, 0.1) is 0 Å². The highest BCUT2D eigenvalue weighted by Crippen LogP contribution is 2.28. The van der Waals surface area contributed by atoms with Gasteiger partial charge in [-0.25, -0.2) is 0 Å². The topological polar surface area (TPSA) is 19.6 Å². The molecular formula is C26H24N2OS. The van der Waals surface area contributed by atoms with E-state index in [0.717, 1.165) is 48.3 Å². The number of furan rings is 1. The zero-order chi connectivity index (χ0) is 20.5. The normalized spacial score (nSPS) is 14.3. The fourth-order valence-electron chi connectivity index (χ4n) is 4.12. The van der Waals surface area contributed by atoms with Crippen molar-refractivity contribution < 1.29 is 4.42 Å². The number of hydrogen-bond donors (Lipinski definition) is 0. The van der Waals surface area contributed by atoms with Crippen molar-refractivity contribution in [2.24, 2.45) is 0 Å². The molecule has 4 aromatic rings. The van der Waals surface area contributed by atoms with E-state index in [-0.39, 0.29) is 0 Å². The summed E-state index contributed by atoms with van der Waals surface area (Å²) in [4.78, 5) is 5.52. The van der Waals surface area contributed by atoms with E-state index in [1.54, 1.807) is 0 Å². The van der Waals surface area contributed by atoms with Crippen LogP contribution in [0.5, 0.6) is 0 Å². The molecule has 4 heteroatoms. The second-order valence-electron chi connectivity index (χ2n) is 7.81. The maximum Gasteiger partial charge on any atom is 0.162 e. The Hall–Kier alpha value is -3.11. The predicted octanol–water partition coefficient (Wildman–Crippen LogP) is 5.91. The van der Waals surface area contributed by atoms with E-state index >= 15 is 0 Å². The van der Waals surface area contributed by atoms with Gasteiger partial charge in [-0.1, -0.05) is 78.4 Å². The maximum absolute atomic E-state index is 6.10. The lowest BCUT2D eigenvalue weighted by molar-refractivity contribution is 0.385. The van der Waals surface area contributed by atoms with Crippen molar-refractivity contribution in [2.45, 2.75) is 6.92 Å². The first-order chi connectivity index (χ1) is 14.7. The minimum Gasteiger partial charge on any atom is -0.454 e. The van der Waals surface area contributed by atoms with Crippen LogP contribution < -0.4 is 4.90 Å². The number of benzene rings is 3. The van der Waals surface area contributed by atoms with Crippen molar-refractivity contribution in [1.29, 1.82) is 0 Å². The maximum atomic E-state index is 6.10. The standard InChI is InChI=1S/C26H24N2OS/c1-19-9-11-21(12-10-19)24-13-14-25(29-24)26(30)28-17-15-27(16-18-28)23-8-4-6-20-5-2-3-7-22(20)23/h2-14H,15-18H2,1H3. The van der Waals surface area contributed by atoms with E-state index in [2.05, 4.69) is 83.5 Å². The summed E-state index contributed by atoms with van der Waals surface area (Å²) < 4.78 is 6.10. The average molecular weight is 413 g/mol. The smallest absolute Gasteiger partial charge is 0.162 e. The molecule has 5 rings (SSSR count). The fraction of sp³-hybridized carbons (Fsp3) is 0.192. The summed E-state index contributed by atoms with van der Waals surface area (Å²) in [5, 5.41) is 2.59. The Morgan fingerprint density at radius 1 is 0.800 bits per heavy atom. The monoisotopic (exact) mass is 412 g/mol. The summed E-state index contributed by atoms with van der Waals surface area (Å²) in [5.74, 6) is 1.64. The number of rotatable bonds is 3. The molecule has 0 radical (unpaired) electrons. The Kier molecular flexibility index (Phi) is 5.01. The first kappa shape index (κ1) is 18.9. The van der Waals surface area contributed by atoms with Gasteiger partial charge in [0.1, 0.15) is 10.7 Å². The molecule has 0 aliphatic carbocycles. The lowest BCUT2D eigenvalue weighted by Gasteiger charge is -2.37. The van der Waals surface area contributed by atoms with Crippen molar-refractivity contribution in [3.63, 3.8) is 0 Å². The van der Waals surface area contributed by atoms with Crippen LogP contribution in [0, 0.1) is 6.92 Å². The van der Waals surface area contributed by atoms with Crippen LogP contribution in [-0.2, 0) is 0 Å². The van der Waals surface area contributed by atoms with Gasteiger partial charge in [-0.2, -0.15) is 0 Å². The van der Waals surface area contributed by atoms with E-state index in [1.807, 2.05) is 12.1 Å². The van der Waals surface area contributed by atoms with Crippen LogP contribution in [0.1, 0.15) is 11.3 Å². The molecule has 1 aromatic heterocycles. The summed E-state index contributed by atoms with van der Waals surface area (Å²) in [6, 6.07) is 27.5. The first-order valence-corrected chi connectivity index (χ1v) is 10.8. The van der Waals surface area contributed by atoms with E-state index in [1.165, 1.54) is 22.0 Å².